The molecule has 0 fully saturated rings. The van der Waals surface area contributed by atoms with Crippen molar-refractivity contribution in [2.24, 2.45) is 0 Å². The Bertz CT molecular complexity index is 385. The van der Waals surface area contributed by atoms with Crippen molar-refractivity contribution in [2.75, 3.05) is 31.6 Å². The van der Waals surface area contributed by atoms with Crippen LogP contribution in [0.1, 0.15) is 45.1 Å². The summed E-state index contributed by atoms with van der Waals surface area (Å²) >= 11 is 0. The third-order valence-electron chi connectivity index (χ3n) is 4.35. The minimum atomic E-state index is -0.107. The zero-order valence-electron chi connectivity index (χ0n) is 14.2. The number of rotatable bonds is 10. The van der Waals surface area contributed by atoms with Crippen LogP contribution in [0, 0.1) is 6.92 Å². The predicted octanol–water partition coefficient (Wildman–Crippen LogP) is 3.35. The molecule has 120 valence electrons. The van der Waals surface area contributed by atoms with E-state index in [0.29, 0.717) is 0 Å². The Kier molecular flexibility index (Phi) is 7.76. The van der Waals surface area contributed by atoms with Crippen LogP contribution >= 0.6 is 0 Å². The fraction of sp³-hybridized carbons (Fsp3) is 0.667. The minimum absolute atomic E-state index is 0.107. The van der Waals surface area contributed by atoms with Crippen LogP contribution in [0.15, 0.2) is 24.3 Å². The summed E-state index contributed by atoms with van der Waals surface area (Å²) in [4.78, 5) is 2.29. The number of aliphatic hydroxyl groups is 1. The lowest BCUT2D eigenvalue weighted by Crippen LogP contribution is -2.48. The average molecular weight is 292 g/mol. The quantitative estimate of drug-likeness (QED) is 0.694. The molecule has 0 radical (unpaired) electrons. The number of anilines is 1. The summed E-state index contributed by atoms with van der Waals surface area (Å²) in [5, 5.41) is 13.3. The number of nitrogens with one attached hydrogen (secondary N) is 1. The maximum Gasteiger partial charge on any atom is 0.0613 e. The zero-order chi connectivity index (χ0) is 15.7. The molecule has 3 nitrogen and oxygen atoms in total. The maximum atomic E-state index is 9.74. The summed E-state index contributed by atoms with van der Waals surface area (Å²) in [7, 11) is 2.14. The smallest absolute Gasteiger partial charge is 0.0613 e. The van der Waals surface area contributed by atoms with E-state index in [9.17, 15) is 5.11 Å². The second-order valence-electron chi connectivity index (χ2n) is 6.08. The molecule has 0 heterocycles. The average Bonchev–Trinajstić information content (AvgIpc) is 2.51. The van der Waals surface area contributed by atoms with E-state index in [1.807, 2.05) is 0 Å². The lowest BCUT2D eigenvalue weighted by atomic mass is 9.91. The van der Waals surface area contributed by atoms with Gasteiger partial charge in [0, 0.05) is 24.8 Å². The SMILES string of the molecule is CCCNC(CC)(CO)CCCN(C)c1ccc(C)cc1. The standard InChI is InChI=1S/C18H32N2O/c1-5-13-19-18(6-2,15-21)12-7-14-20(4)17-10-8-16(3)9-11-17/h8-11,19,21H,5-7,12-15H2,1-4H3. The first-order valence-corrected chi connectivity index (χ1v) is 8.20. The molecule has 0 aliphatic rings. The summed E-state index contributed by atoms with van der Waals surface area (Å²) in [6.45, 7) is 8.64. The lowest BCUT2D eigenvalue weighted by molar-refractivity contribution is 0.145. The monoisotopic (exact) mass is 292 g/mol. The molecule has 0 spiro atoms. The van der Waals surface area contributed by atoms with Gasteiger partial charge in [-0.2, -0.15) is 0 Å². The van der Waals surface area contributed by atoms with Gasteiger partial charge in [0.2, 0.25) is 0 Å². The maximum absolute atomic E-state index is 9.74. The minimum Gasteiger partial charge on any atom is -0.394 e. The fourth-order valence-corrected chi connectivity index (χ4v) is 2.61. The van der Waals surface area contributed by atoms with Gasteiger partial charge in [-0.1, -0.05) is 31.5 Å². The van der Waals surface area contributed by atoms with Crippen molar-refractivity contribution in [1.29, 1.82) is 0 Å². The van der Waals surface area contributed by atoms with E-state index in [4.69, 9.17) is 0 Å². The highest BCUT2D eigenvalue weighted by molar-refractivity contribution is 5.46. The molecule has 1 aromatic rings. The van der Waals surface area contributed by atoms with Gasteiger partial charge in [0.15, 0.2) is 0 Å². The second-order valence-corrected chi connectivity index (χ2v) is 6.08. The van der Waals surface area contributed by atoms with Crippen LogP contribution in [0.4, 0.5) is 5.69 Å². The number of hydrogen-bond acceptors (Lipinski definition) is 3. The Labute approximate surface area is 130 Å². The molecule has 21 heavy (non-hydrogen) atoms. The molecule has 0 saturated heterocycles. The van der Waals surface area contributed by atoms with Crippen LogP contribution in [0.5, 0.6) is 0 Å². The molecule has 3 heteroatoms. The fourth-order valence-electron chi connectivity index (χ4n) is 2.61. The van der Waals surface area contributed by atoms with Gasteiger partial charge in [0.1, 0.15) is 0 Å². The summed E-state index contributed by atoms with van der Waals surface area (Å²) in [6.07, 6.45) is 4.16. The highest BCUT2D eigenvalue weighted by Gasteiger charge is 2.25. The molecular weight excluding hydrogens is 260 g/mol. The molecule has 0 aliphatic heterocycles. The molecule has 1 rings (SSSR count). The highest BCUT2D eigenvalue weighted by Crippen LogP contribution is 2.19. The number of hydrogen-bond donors (Lipinski definition) is 2. The molecule has 2 N–H and O–H groups in total. The normalized spacial score (nSPS) is 14.0. The number of nitrogens with zero attached hydrogens (tertiary/aromatic N) is 1. The Morgan fingerprint density at radius 3 is 2.38 bits per heavy atom. The van der Waals surface area contributed by atoms with Gasteiger partial charge in [-0.25, -0.2) is 0 Å². The Hall–Kier alpha value is -1.06. The summed E-state index contributed by atoms with van der Waals surface area (Å²) in [5.41, 5.74) is 2.44. The molecule has 0 aliphatic carbocycles. The Balaban J connectivity index is 2.47. The van der Waals surface area contributed by atoms with Gasteiger partial charge in [0.25, 0.3) is 0 Å². The Morgan fingerprint density at radius 1 is 1.19 bits per heavy atom. The van der Waals surface area contributed by atoms with Crippen molar-refractivity contribution in [1.82, 2.24) is 5.32 Å². The molecule has 0 aromatic heterocycles. The van der Waals surface area contributed by atoms with Gasteiger partial charge in [-0.05, 0) is 51.3 Å². The number of aryl methyl sites for hydroxylation is 1. The first kappa shape index (κ1) is 18.0. The predicted molar refractivity (Wildman–Crippen MR) is 92.1 cm³/mol. The van der Waals surface area contributed by atoms with E-state index in [1.54, 1.807) is 0 Å². The van der Waals surface area contributed by atoms with Crippen LogP contribution in [-0.2, 0) is 0 Å². The molecule has 1 aromatic carbocycles. The van der Waals surface area contributed by atoms with Crippen molar-refractivity contribution in [3.05, 3.63) is 29.8 Å². The van der Waals surface area contributed by atoms with Crippen LogP contribution in [0.2, 0.25) is 0 Å². The van der Waals surface area contributed by atoms with Crippen molar-refractivity contribution >= 4 is 5.69 Å². The zero-order valence-corrected chi connectivity index (χ0v) is 14.2. The van der Waals surface area contributed by atoms with Crippen molar-refractivity contribution in [3.63, 3.8) is 0 Å². The van der Waals surface area contributed by atoms with Gasteiger partial charge >= 0.3 is 0 Å². The number of aliphatic hydroxyl groups excluding tert-OH is 1. The van der Waals surface area contributed by atoms with Gasteiger partial charge < -0.3 is 15.3 Å². The van der Waals surface area contributed by atoms with Crippen LogP contribution in [-0.4, -0.2) is 37.4 Å². The highest BCUT2D eigenvalue weighted by atomic mass is 16.3. The van der Waals surface area contributed by atoms with Gasteiger partial charge in [-0.15, -0.1) is 0 Å². The van der Waals surface area contributed by atoms with E-state index < -0.39 is 0 Å². The van der Waals surface area contributed by atoms with Crippen molar-refractivity contribution in [3.8, 4) is 0 Å². The van der Waals surface area contributed by atoms with Crippen LogP contribution < -0.4 is 10.2 Å². The lowest BCUT2D eigenvalue weighted by Gasteiger charge is -2.33. The topological polar surface area (TPSA) is 35.5 Å². The molecule has 1 atom stereocenters. The second kappa shape index (κ2) is 9.06. The largest absolute Gasteiger partial charge is 0.394 e. The van der Waals surface area contributed by atoms with Crippen LogP contribution in [0.3, 0.4) is 0 Å². The third kappa shape index (κ3) is 5.68. The van der Waals surface area contributed by atoms with Crippen LogP contribution in [0.25, 0.3) is 0 Å². The van der Waals surface area contributed by atoms with Crippen molar-refractivity contribution < 1.29 is 5.11 Å². The van der Waals surface area contributed by atoms with E-state index in [1.165, 1.54) is 11.3 Å². The summed E-state index contributed by atoms with van der Waals surface area (Å²) in [6, 6.07) is 8.64. The number of benzene rings is 1. The third-order valence-corrected chi connectivity index (χ3v) is 4.35. The van der Waals surface area contributed by atoms with Gasteiger partial charge in [-0.3, -0.25) is 0 Å². The Morgan fingerprint density at radius 2 is 1.86 bits per heavy atom. The first-order chi connectivity index (χ1) is 10.1. The molecule has 0 bridgehead atoms. The van der Waals surface area contributed by atoms with Gasteiger partial charge in [0.05, 0.1) is 6.61 Å². The molecule has 0 amide bonds. The molecule has 1 unspecified atom stereocenters. The van der Waals surface area contributed by atoms with E-state index in [-0.39, 0.29) is 12.1 Å². The van der Waals surface area contributed by atoms with E-state index >= 15 is 0 Å². The molecular formula is C18H32N2O. The summed E-state index contributed by atoms with van der Waals surface area (Å²) in [5.74, 6) is 0. The van der Waals surface area contributed by atoms with E-state index in [0.717, 1.165) is 38.8 Å². The molecule has 0 saturated carbocycles. The van der Waals surface area contributed by atoms with Crippen molar-refractivity contribution in [2.45, 2.75) is 52.0 Å². The summed E-state index contributed by atoms with van der Waals surface area (Å²) < 4.78 is 0. The van der Waals surface area contributed by atoms with E-state index in [2.05, 4.69) is 62.3 Å². The first-order valence-electron chi connectivity index (χ1n) is 8.20.